The van der Waals surface area contributed by atoms with Crippen LogP contribution in [-0.2, 0) is 5.54 Å². The van der Waals surface area contributed by atoms with E-state index >= 15 is 0 Å². The average Bonchev–Trinajstić information content (AvgIpc) is 3.16. The molecule has 0 bridgehead atoms. The second-order valence-corrected chi connectivity index (χ2v) is 5.35. The Morgan fingerprint density at radius 2 is 1.91 bits per heavy atom. The Labute approximate surface area is 135 Å². The Hall–Kier alpha value is -1.79. The Bertz CT molecular complexity index is 639. The van der Waals surface area contributed by atoms with Crippen LogP contribution < -0.4 is 15.2 Å². The van der Waals surface area contributed by atoms with E-state index in [0.29, 0.717) is 28.8 Å². The molecule has 1 aromatic carbocycles. The molecule has 3 rings (SSSR count). The van der Waals surface area contributed by atoms with Gasteiger partial charge in [0.2, 0.25) is 0 Å². The normalized spacial score (nSPS) is 16.1. The minimum Gasteiger partial charge on any atom is -0.497 e. The van der Waals surface area contributed by atoms with E-state index in [9.17, 15) is 0 Å². The number of rotatable bonds is 4. The highest BCUT2D eigenvalue weighted by molar-refractivity contribution is 5.85. The zero-order valence-corrected chi connectivity index (χ0v) is 13.5. The summed E-state index contributed by atoms with van der Waals surface area (Å²) in [4.78, 5) is 4.48. The topological polar surface area (TPSA) is 83.4 Å². The van der Waals surface area contributed by atoms with Crippen LogP contribution in [0.2, 0.25) is 0 Å². The second kappa shape index (κ2) is 6.54. The molecule has 0 unspecified atom stereocenters. The number of benzene rings is 1. The molecular weight excluding hydrogens is 306 g/mol. The molecular formula is C15H20ClN3O3. The summed E-state index contributed by atoms with van der Waals surface area (Å²) in [6, 6.07) is 5.45. The first-order valence-electron chi connectivity index (χ1n) is 7.02. The number of nitrogens with two attached hydrogens (primary N) is 1. The molecule has 1 aliphatic carbocycles. The van der Waals surface area contributed by atoms with E-state index < -0.39 is 5.54 Å². The molecule has 2 N–H and O–H groups in total. The van der Waals surface area contributed by atoms with Gasteiger partial charge in [-0.05, 0) is 31.0 Å². The summed E-state index contributed by atoms with van der Waals surface area (Å²) >= 11 is 0. The standard InChI is InChI=1S/C15H19N3O3.ClH/c1-19-10-5-6-12(20-2)11(9-10)13-17-14(18-21-13)15(16)7-3-4-8-15;/h5-6,9H,3-4,7-8,16H2,1-2H3;1H. The third kappa shape index (κ3) is 2.89. The molecule has 0 spiro atoms. The van der Waals surface area contributed by atoms with Crippen molar-refractivity contribution in [2.75, 3.05) is 14.2 Å². The number of hydrogen-bond acceptors (Lipinski definition) is 6. The number of hydrogen-bond donors (Lipinski definition) is 1. The SMILES string of the molecule is COc1ccc(OC)c(-c2nc(C3(N)CCCC3)no2)c1.Cl. The predicted molar refractivity (Wildman–Crippen MR) is 84.4 cm³/mol. The Balaban J connectivity index is 0.00000176. The van der Waals surface area contributed by atoms with Crippen molar-refractivity contribution in [1.82, 2.24) is 10.1 Å². The molecule has 120 valence electrons. The first-order valence-corrected chi connectivity index (χ1v) is 7.02. The summed E-state index contributed by atoms with van der Waals surface area (Å²) in [6.07, 6.45) is 3.98. The Morgan fingerprint density at radius 3 is 2.55 bits per heavy atom. The van der Waals surface area contributed by atoms with Crippen molar-refractivity contribution in [2.24, 2.45) is 5.73 Å². The number of nitrogens with zero attached hydrogens (tertiary/aromatic N) is 2. The molecule has 1 fully saturated rings. The maximum absolute atomic E-state index is 6.36. The molecule has 0 aliphatic heterocycles. The van der Waals surface area contributed by atoms with E-state index in [1.165, 1.54) is 0 Å². The maximum atomic E-state index is 6.36. The molecule has 0 amide bonds. The van der Waals surface area contributed by atoms with Crippen molar-refractivity contribution < 1.29 is 14.0 Å². The van der Waals surface area contributed by atoms with E-state index in [4.69, 9.17) is 19.7 Å². The van der Waals surface area contributed by atoms with Crippen LogP contribution in [0.3, 0.4) is 0 Å². The summed E-state index contributed by atoms with van der Waals surface area (Å²) in [7, 11) is 3.21. The number of ether oxygens (including phenoxy) is 2. The van der Waals surface area contributed by atoms with Gasteiger partial charge in [0.05, 0.1) is 25.3 Å². The van der Waals surface area contributed by atoms with Crippen molar-refractivity contribution in [1.29, 1.82) is 0 Å². The van der Waals surface area contributed by atoms with Crippen LogP contribution in [-0.4, -0.2) is 24.4 Å². The zero-order valence-electron chi connectivity index (χ0n) is 12.7. The monoisotopic (exact) mass is 325 g/mol. The summed E-state index contributed by atoms with van der Waals surface area (Å²) in [5.74, 6) is 2.33. The molecule has 0 radical (unpaired) electrons. The molecule has 22 heavy (non-hydrogen) atoms. The van der Waals surface area contributed by atoms with Gasteiger partial charge >= 0.3 is 0 Å². The third-order valence-electron chi connectivity index (χ3n) is 4.00. The van der Waals surface area contributed by atoms with Crippen LogP contribution in [0.15, 0.2) is 22.7 Å². The van der Waals surface area contributed by atoms with Crippen molar-refractivity contribution in [3.05, 3.63) is 24.0 Å². The van der Waals surface area contributed by atoms with Gasteiger partial charge < -0.3 is 19.7 Å². The van der Waals surface area contributed by atoms with Crippen molar-refractivity contribution in [3.8, 4) is 23.0 Å². The maximum Gasteiger partial charge on any atom is 0.261 e. The molecule has 0 saturated heterocycles. The fourth-order valence-electron chi connectivity index (χ4n) is 2.75. The fraction of sp³-hybridized carbons (Fsp3) is 0.467. The Kier molecular flexibility index (Phi) is 4.93. The first-order chi connectivity index (χ1) is 10.2. The third-order valence-corrected chi connectivity index (χ3v) is 4.00. The highest BCUT2D eigenvalue weighted by Crippen LogP contribution is 2.37. The lowest BCUT2D eigenvalue weighted by Gasteiger charge is -2.17. The second-order valence-electron chi connectivity index (χ2n) is 5.35. The molecule has 1 aromatic heterocycles. The van der Waals surface area contributed by atoms with E-state index in [0.717, 1.165) is 25.7 Å². The minimum absolute atomic E-state index is 0. The first kappa shape index (κ1) is 16.6. The minimum atomic E-state index is -0.464. The summed E-state index contributed by atoms with van der Waals surface area (Å²) in [5, 5.41) is 4.07. The quantitative estimate of drug-likeness (QED) is 0.930. The lowest BCUT2D eigenvalue weighted by atomic mass is 9.98. The molecule has 6 nitrogen and oxygen atoms in total. The van der Waals surface area contributed by atoms with E-state index in [1.54, 1.807) is 14.2 Å². The molecule has 0 atom stereocenters. The van der Waals surface area contributed by atoms with Crippen molar-refractivity contribution in [2.45, 2.75) is 31.2 Å². The fourth-order valence-corrected chi connectivity index (χ4v) is 2.75. The van der Waals surface area contributed by atoms with Crippen molar-refractivity contribution in [3.63, 3.8) is 0 Å². The summed E-state index contributed by atoms with van der Waals surface area (Å²) < 4.78 is 16.0. The van der Waals surface area contributed by atoms with Crippen molar-refractivity contribution >= 4 is 12.4 Å². The number of aromatic nitrogens is 2. The van der Waals surface area contributed by atoms with Crippen LogP contribution >= 0.6 is 12.4 Å². The van der Waals surface area contributed by atoms with Gasteiger partial charge in [0, 0.05) is 0 Å². The van der Waals surface area contributed by atoms with Gasteiger partial charge in [0.25, 0.3) is 5.89 Å². The lowest BCUT2D eigenvalue weighted by Crippen LogP contribution is -2.34. The largest absolute Gasteiger partial charge is 0.497 e. The summed E-state index contributed by atoms with van der Waals surface area (Å²) in [5.41, 5.74) is 6.60. The highest BCUT2D eigenvalue weighted by Gasteiger charge is 2.36. The van der Waals surface area contributed by atoms with Gasteiger partial charge in [-0.15, -0.1) is 12.4 Å². The van der Waals surface area contributed by atoms with E-state index in [1.807, 2.05) is 18.2 Å². The number of methoxy groups -OCH3 is 2. The van der Waals surface area contributed by atoms with Crippen LogP contribution in [0.5, 0.6) is 11.5 Å². The molecule has 1 heterocycles. The average molecular weight is 326 g/mol. The van der Waals surface area contributed by atoms with Crippen LogP contribution in [0.4, 0.5) is 0 Å². The summed E-state index contributed by atoms with van der Waals surface area (Å²) in [6.45, 7) is 0. The van der Waals surface area contributed by atoms with Crippen LogP contribution in [0.1, 0.15) is 31.5 Å². The lowest BCUT2D eigenvalue weighted by molar-refractivity contribution is 0.370. The predicted octanol–water partition coefficient (Wildman–Crippen LogP) is 2.90. The molecule has 2 aromatic rings. The van der Waals surface area contributed by atoms with Gasteiger partial charge in [-0.1, -0.05) is 18.0 Å². The molecule has 1 saturated carbocycles. The smallest absolute Gasteiger partial charge is 0.261 e. The number of halogens is 1. The van der Waals surface area contributed by atoms with Gasteiger partial charge in [0.15, 0.2) is 5.82 Å². The molecule has 7 heteroatoms. The Morgan fingerprint density at radius 1 is 1.18 bits per heavy atom. The highest BCUT2D eigenvalue weighted by atomic mass is 35.5. The van der Waals surface area contributed by atoms with E-state index in [2.05, 4.69) is 10.1 Å². The zero-order chi connectivity index (χ0) is 14.9. The van der Waals surface area contributed by atoms with Crippen LogP contribution in [0.25, 0.3) is 11.5 Å². The van der Waals surface area contributed by atoms with E-state index in [-0.39, 0.29) is 12.4 Å². The van der Waals surface area contributed by atoms with Gasteiger partial charge in [-0.3, -0.25) is 0 Å². The molecule has 1 aliphatic rings. The van der Waals surface area contributed by atoms with Gasteiger partial charge in [-0.25, -0.2) is 0 Å². The van der Waals surface area contributed by atoms with Gasteiger partial charge in [0.1, 0.15) is 11.5 Å². The van der Waals surface area contributed by atoms with Gasteiger partial charge in [-0.2, -0.15) is 4.98 Å². The van der Waals surface area contributed by atoms with Crippen LogP contribution in [0, 0.1) is 0 Å².